The zero-order valence-electron chi connectivity index (χ0n) is 11.3. The number of hydrogen-bond acceptors (Lipinski definition) is 4. The van der Waals surface area contributed by atoms with Crippen LogP contribution in [0.4, 0.5) is 5.69 Å². The Kier molecular flexibility index (Phi) is 6.07. The van der Waals surface area contributed by atoms with E-state index in [-0.39, 0.29) is 26.4 Å². The maximum Gasteiger partial charge on any atom is 0.341 e. The molecular weight excluding hydrogens is 386 g/mol. The number of pyridine rings is 1. The Morgan fingerprint density at radius 1 is 1.13 bits per heavy atom. The summed E-state index contributed by atoms with van der Waals surface area (Å²) in [7, 11) is 0. The maximum atomic E-state index is 11.8. The van der Waals surface area contributed by atoms with E-state index in [1.165, 1.54) is 30.5 Å². The summed E-state index contributed by atoms with van der Waals surface area (Å²) in [5.41, 5.74) is 0.239. The van der Waals surface area contributed by atoms with Crippen LogP contribution in [0.3, 0.4) is 0 Å². The highest BCUT2D eigenvalue weighted by atomic mass is 35.5. The number of nitrogens with one attached hydrogen (secondary N) is 1. The number of amides is 1. The minimum atomic E-state index is -0.772. The summed E-state index contributed by atoms with van der Waals surface area (Å²) in [4.78, 5) is 27.4. The van der Waals surface area contributed by atoms with Gasteiger partial charge in [-0.05, 0) is 24.3 Å². The maximum absolute atomic E-state index is 11.8. The Labute approximate surface area is 151 Å². The predicted octanol–water partition coefficient (Wildman–Crippen LogP) is 4.49. The molecule has 0 saturated heterocycles. The van der Waals surface area contributed by atoms with E-state index in [4.69, 9.17) is 51.1 Å². The number of benzene rings is 1. The van der Waals surface area contributed by atoms with Crippen LogP contribution in [-0.2, 0) is 9.53 Å². The summed E-state index contributed by atoms with van der Waals surface area (Å²) >= 11 is 23.4. The van der Waals surface area contributed by atoms with E-state index in [9.17, 15) is 9.59 Å². The molecule has 2 aromatic rings. The predicted molar refractivity (Wildman–Crippen MR) is 89.6 cm³/mol. The van der Waals surface area contributed by atoms with Gasteiger partial charge in [0.1, 0.15) is 5.15 Å². The van der Waals surface area contributed by atoms with Crippen molar-refractivity contribution in [2.24, 2.45) is 0 Å². The highest BCUT2D eigenvalue weighted by Crippen LogP contribution is 2.33. The molecule has 5 nitrogen and oxygen atoms in total. The van der Waals surface area contributed by atoms with Crippen molar-refractivity contribution in [2.45, 2.75) is 0 Å². The molecule has 0 saturated carbocycles. The van der Waals surface area contributed by atoms with Crippen LogP contribution >= 0.6 is 46.4 Å². The molecule has 120 valence electrons. The largest absolute Gasteiger partial charge is 0.452 e. The van der Waals surface area contributed by atoms with Gasteiger partial charge in [0.2, 0.25) is 0 Å². The molecule has 23 heavy (non-hydrogen) atoms. The van der Waals surface area contributed by atoms with Crippen LogP contribution in [0.2, 0.25) is 20.2 Å². The number of halogens is 4. The van der Waals surface area contributed by atoms with E-state index < -0.39 is 18.5 Å². The van der Waals surface area contributed by atoms with Crippen molar-refractivity contribution >= 4 is 64.0 Å². The fourth-order valence-corrected chi connectivity index (χ4v) is 2.69. The average molecular weight is 394 g/mol. The van der Waals surface area contributed by atoms with Crippen LogP contribution in [0.5, 0.6) is 0 Å². The van der Waals surface area contributed by atoms with Gasteiger partial charge in [-0.15, -0.1) is 0 Å². The van der Waals surface area contributed by atoms with Crippen LogP contribution in [0, 0.1) is 0 Å². The molecule has 1 aromatic heterocycles. The summed E-state index contributed by atoms with van der Waals surface area (Å²) in [5, 5.41) is 3.09. The number of esters is 1. The third kappa shape index (κ3) is 4.72. The number of rotatable bonds is 4. The fraction of sp³-hybridized carbons (Fsp3) is 0.0714. The lowest BCUT2D eigenvalue weighted by atomic mass is 10.3. The lowest BCUT2D eigenvalue weighted by molar-refractivity contribution is -0.119. The SMILES string of the molecule is O=C(COC(=O)c1cccnc1Cl)Nc1c(Cl)cc(Cl)cc1Cl. The van der Waals surface area contributed by atoms with E-state index in [1.54, 1.807) is 0 Å². The van der Waals surface area contributed by atoms with Crippen LogP contribution in [0.15, 0.2) is 30.5 Å². The first-order valence-electron chi connectivity index (χ1n) is 6.10. The van der Waals surface area contributed by atoms with Gasteiger partial charge in [0, 0.05) is 11.2 Å². The first-order valence-corrected chi connectivity index (χ1v) is 7.61. The number of aromatic nitrogens is 1. The second kappa shape index (κ2) is 7.84. The smallest absolute Gasteiger partial charge is 0.341 e. The second-order valence-corrected chi connectivity index (χ2v) is 5.82. The Morgan fingerprint density at radius 3 is 2.39 bits per heavy atom. The molecule has 0 aliphatic carbocycles. The highest BCUT2D eigenvalue weighted by molar-refractivity contribution is 6.42. The van der Waals surface area contributed by atoms with Gasteiger partial charge in [0.25, 0.3) is 5.91 Å². The summed E-state index contributed by atoms with van der Waals surface area (Å²) in [6.07, 6.45) is 1.43. The van der Waals surface area contributed by atoms with Crippen LogP contribution in [0.1, 0.15) is 10.4 Å². The standard InChI is InChI=1S/C14H8Cl4N2O3/c15-7-4-9(16)12(10(17)5-7)20-11(21)6-23-14(22)8-2-1-3-19-13(8)18/h1-5H,6H2,(H,20,21). The van der Waals surface area contributed by atoms with E-state index in [0.29, 0.717) is 5.02 Å². The van der Waals surface area contributed by atoms with Crippen LogP contribution in [-0.4, -0.2) is 23.5 Å². The lowest BCUT2D eigenvalue weighted by Crippen LogP contribution is -2.21. The molecule has 9 heteroatoms. The third-order valence-electron chi connectivity index (χ3n) is 2.58. The Hall–Kier alpha value is -1.53. The number of carbonyl (C=O) groups excluding carboxylic acids is 2. The van der Waals surface area contributed by atoms with E-state index in [2.05, 4.69) is 10.3 Å². The van der Waals surface area contributed by atoms with E-state index >= 15 is 0 Å². The van der Waals surface area contributed by atoms with Gasteiger partial charge in [0.05, 0.1) is 21.3 Å². The van der Waals surface area contributed by atoms with Gasteiger partial charge >= 0.3 is 5.97 Å². The van der Waals surface area contributed by atoms with Gasteiger partial charge in [-0.1, -0.05) is 46.4 Å². The second-order valence-electron chi connectivity index (χ2n) is 4.21. The topological polar surface area (TPSA) is 68.3 Å². The Bertz CT molecular complexity index is 744. The fourth-order valence-electron chi connectivity index (χ4n) is 1.58. The number of carbonyl (C=O) groups is 2. The molecule has 0 aliphatic heterocycles. The molecule has 0 bridgehead atoms. The van der Waals surface area contributed by atoms with Crippen molar-refractivity contribution in [1.29, 1.82) is 0 Å². The van der Waals surface area contributed by atoms with Crippen molar-refractivity contribution < 1.29 is 14.3 Å². The van der Waals surface area contributed by atoms with Crippen molar-refractivity contribution in [3.8, 4) is 0 Å². The van der Waals surface area contributed by atoms with Gasteiger partial charge < -0.3 is 10.1 Å². The summed E-state index contributed by atoms with van der Waals surface area (Å²) < 4.78 is 4.86. The first-order chi connectivity index (χ1) is 10.9. The zero-order chi connectivity index (χ0) is 17.0. The molecule has 0 fully saturated rings. The van der Waals surface area contributed by atoms with Crippen LogP contribution < -0.4 is 5.32 Å². The zero-order valence-corrected chi connectivity index (χ0v) is 14.3. The molecule has 0 unspecified atom stereocenters. The van der Waals surface area contributed by atoms with Gasteiger partial charge in [0.15, 0.2) is 6.61 Å². The van der Waals surface area contributed by atoms with E-state index in [1.807, 2.05) is 0 Å². The first kappa shape index (κ1) is 17.8. The normalized spacial score (nSPS) is 10.3. The molecule has 0 radical (unpaired) electrons. The van der Waals surface area contributed by atoms with E-state index in [0.717, 1.165) is 0 Å². The molecule has 1 amide bonds. The summed E-state index contributed by atoms with van der Waals surface area (Å²) in [5.74, 6) is -1.39. The van der Waals surface area contributed by atoms with Crippen molar-refractivity contribution in [1.82, 2.24) is 4.98 Å². The van der Waals surface area contributed by atoms with Crippen LogP contribution in [0.25, 0.3) is 0 Å². The molecule has 0 spiro atoms. The van der Waals surface area contributed by atoms with Gasteiger partial charge in [-0.2, -0.15) is 0 Å². The summed E-state index contributed by atoms with van der Waals surface area (Å²) in [6.45, 7) is -0.542. The molecule has 0 aliphatic rings. The Morgan fingerprint density at radius 2 is 1.78 bits per heavy atom. The molecular formula is C14H8Cl4N2O3. The molecule has 1 heterocycles. The molecule has 2 rings (SSSR count). The average Bonchev–Trinajstić information content (AvgIpc) is 2.49. The lowest BCUT2D eigenvalue weighted by Gasteiger charge is -2.10. The van der Waals surface area contributed by atoms with Gasteiger partial charge in [-0.25, -0.2) is 9.78 Å². The molecule has 0 atom stereocenters. The van der Waals surface area contributed by atoms with Gasteiger partial charge in [-0.3, -0.25) is 4.79 Å². The quantitative estimate of drug-likeness (QED) is 0.613. The summed E-state index contributed by atoms with van der Waals surface area (Å²) in [6, 6.07) is 5.80. The number of nitrogens with zero attached hydrogens (tertiary/aromatic N) is 1. The number of anilines is 1. The van der Waals surface area contributed by atoms with Crippen molar-refractivity contribution in [3.63, 3.8) is 0 Å². The monoisotopic (exact) mass is 392 g/mol. The molecule has 1 aromatic carbocycles. The third-order valence-corrected chi connectivity index (χ3v) is 3.70. The minimum absolute atomic E-state index is 0.0123. The minimum Gasteiger partial charge on any atom is -0.452 e. The number of hydrogen-bond donors (Lipinski definition) is 1. The van der Waals surface area contributed by atoms with Crippen molar-refractivity contribution in [2.75, 3.05) is 11.9 Å². The van der Waals surface area contributed by atoms with Crippen molar-refractivity contribution in [3.05, 3.63) is 56.2 Å². The number of ether oxygens (including phenoxy) is 1. The molecule has 1 N–H and O–H groups in total. The Balaban J connectivity index is 1.99. The highest BCUT2D eigenvalue weighted by Gasteiger charge is 2.16.